The van der Waals surface area contributed by atoms with Crippen LogP contribution in [0, 0.1) is 0 Å². The molecule has 1 heterocycles. The molecule has 2 N–H and O–H groups in total. The molecule has 0 aliphatic carbocycles. The van der Waals surface area contributed by atoms with Crippen molar-refractivity contribution < 1.29 is 0 Å². The molecule has 2 aromatic rings. The van der Waals surface area contributed by atoms with E-state index in [1.165, 1.54) is 5.56 Å². The molecule has 160 valence electrons. The van der Waals surface area contributed by atoms with Crippen LogP contribution in [0.15, 0.2) is 77.4 Å². The van der Waals surface area contributed by atoms with E-state index in [0.29, 0.717) is 19.6 Å². The fraction of sp³-hybridized carbons (Fsp3) is 0.318. The average molecular weight is 409 g/mol. The fourth-order valence-electron chi connectivity index (χ4n) is 2.69. The van der Waals surface area contributed by atoms with Crippen LogP contribution in [0.4, 0.5) is 5.69 Å². The molecule has 0 aliphatic rings. The number of rotatable bonds is 12. The first-order valence-electron chi connectivity index (χ1n) is 9.95. The first-order valence-corrected chi connectivity index (χ1v) is 9.95. The zero-order chi connectivity index (χ0) is 21.6. The molecule has 0 atom stereocenters. The Hall–Kier alpha value is -3.39. The van der Waals surface area contributed by atoms with Gasteiger partial charge in [0.15, 0.2) is 0 Å². The van der Waals surface area contributed by atoms with Crippen LogP contribution in [-0.2, 0) is 6.54 Å². The Kier molecular flexibility index (Phi) is 9.88. The molecule has 2 rings (SSSR count). The van der Waals surface area contributed by atoms with E-state index in [0.717, 1.165) is 18.1 Å². The normalized spacial score (nSPS) is 11.9. The van der Waals surface area contributed by atoms with Crippen LogP contribution in [0.25, 0.3) is 0 Å². The highest BCUT2D eigenvalue weighted by molar-refractivity contribution is 5.87. The Morgan fingerprint density at radius 1 is 1.27 bits per heavy atom. The first-order chi connectivity index (χ1) is 14.7. The summed E-state index contributed by atoms with van der Waals surface area (Å²) in [4.78, 5) is 10.6. The van der Waals surface area contributed by atoms with Gasteiger partial charge in [-0.25, -0.2) is 5.43 Å². The Labute approximate surface area is 179 Å². The van der Waals surface area contributed by atoms with Gasteiger partial charge in [-0.1, -0.05) is 12.1 Å². The van der Waals surface area contributed by atoms with Crippen molar-refractivity contribution in [3.8, 4) is 0 Å². The van der Waals surface area contributed by atoms with Gasteiger partial charge in [-0.15, -0.1) is 0 Å². The minimum Gasteiger partial charge on any atom is -0.378 e. The maximum Gasteiger partial charge on any atom is 0.123 e. The molecular weight excluding hydrogens is 376 g/mol. The van der Waals surface area contributed by atoms with E-state index in [2.05, 4.69) is 67.8 Å². The summed E-state index contributed by atoms with van der Waals surface area (Å²) in [6.07, 6.45) is 11.3. The number of hydrazine groups is 1. The summed E-state index contributed by atoms with van der Waals surface area (Å²) in [5.41, 5.74) is 5.28. The van der Waals surface area contributed by atoms with Crippen molar-refractivity contribution in [1.29, 1.82) is 0 Å². The third kappa shape index (κ3) is 7.92. The highest BCUT2D eigenvalue weighted by atomic mass is 15.5. The summed E-state index contributed by atoms with van der Waals surface area (Å²) in [5.74, 6) is 0.926. The quantitative estimate of drug-likeness (QED) is 0.321. The second-order valence-electron chi connectivity index (χ2n) is 6.50. The molecule has 30 heavy (non-hydrogen) atoms. The zero-order valence-corrected chi connectivity index (χ0v) is 18.1. The van der Waals surface area contributed by atoms with Gasteiger partial charge in [0.05, 0.1) is 13.1 Å². The standard InChI is InChI=1S/C22H32N8/c1-5-25-22(29(17-13-23-2)15-7-14-28(4)24-3)18-26-21-10-8-20(9-11-21)19-30-16-6-12-27-30/h6-14,16-17,24,26H,2,5,15,18-19H2,1,3-4H3/b14-7+,17-13-,25-22?. The number of nitrogens with zero attached hydrogens (tertiary/aromatic N) is 6. The van der Waals surface area contributed by atoms with Crippen molar-refractivity contribution in [2.24, 2.45) is 9.98 Å². The van der Waals surface area contributed by atoms with E-state index < -0.39 is 0 Å². The van der Waals surface area contributed by atoms with Crippen LogP contribution in [0.1, 0.15) is 12.5 Å². The minimum atomic E-state index is 0.601. The summed E-state index contributed by atoms with van der Waals surface area (Å²) in [6.45, 7) is 8.29. The minimum absolute atomic E-state index is 0.601. The van der Waals surface area contributed by atoms with Crippen molar-refractivity contribution in [2.45, 2.75) is 13.5 Å². The van der Waals surface area contributed by atoms with E-state index in [4.69, 9.17) is 0 Å². The number of hydrogen-bond donors (Lipinski definition) is 2. The predicted octanol–water partition coefficient (Wildman–Crippen LogP) is 2.82. The first kappa shape index (κ1) is 22.9. The van der Waals surface area contributed by atoms with Gasteiger partial charge in [-0.2, -0.15) is 5.10 Å². The molecule has 0 spiro atoms. The largest absolute Gasteiger partial charge is 0.378 e. The predicted molar refractivity (Wildman–Crippen MR) is 126 cm³/mol. The molecule has 0 saturated carbocycles. The molecule has 1 aromatic carbocycles. The molecule has 0 amide bonds. The lowest BCUT2D eigenvalue weighted by molar-refractivity contribution is 0.363. The van der Waals surface area contributed by atoms with Crippen LogP contribution in [0.5, 0.6) is 0 Å². The van der Waals surface area contributed by atoms with Crippen molar-refractivity contribution >= 4 is 18.2 Å². The topological polar surface area (TPSA) is 73.1 Å². The summed E-state index contributed by atoms with van der Waals surface area (Å²) < 4.78 is 1.91. The molecular formula is C22H32N8. The maximum absolute atomic E-state index is 4.67. The molecule has 0 saturated heterocycles. The van der Waals surface area contributed by atoms with Crippen LogP contribution < -0.4 is 10.7 Å². The number of aliphatic imine (C=N–C) groups is 2. The molecule has 0 bridgehead atoms. The van der Waals surface area contributed by atoms with Crippen LogP contribution in [0.2, 0.25) is 0 Å². The number of anilines is 1. The maximum atomic E-state index is 4.67. The Morgan fingerprint density at radius 2 is 2.07 bits per heavy atom. The molecule has 0 fully saturated rings. The molecule has 0 unspecified atom stereocenters. The Morgan fingerprint density at radius 3 is 2.70 bits per heavy atom. The van der Waals surface area contributed by atoms with E-state index >= 15 is 0 Å². The number of hydrogen-bond acceptors (Lipinski definition) is 6. The van der Waals surface area contributed by atoms with Crippen molar-refractivity contribution in [3.63, 3.8) is 0 Å². The van der Waals surface area contributed by atoms with Gasteiger partial charge in [0, 0.05) is 63.9 Å². The molecule has 1 aromatic heterocycles. The van der Waals surface area contributed by atoms with Crippen molar-refractivity contribution in [3.05, 3.63) is 73.0 Å². The third-order valence-corrected chi connectivity index (χ3v) is 4.32. The second kappa shape index (κ2) is 12.9. The number of aromatic nitrogens is 2. The van der Waals surface area contributed by atoms with Crippen LogP contribution in [0.3, 0.4) is 0 Å². The average Bonchev–Trinajstić information content (AvgIpc) is 3.27. The number of benzene rings is 1. The highest BCUT2D eigenvalue weighted by Gasteiger charge is 2.07. The van der Waals surface area contributed by atoms with E-state index in [-0.39, 0.29) is 0 Å². The van der Waals surface area contributed by atoms with E-state index in [1.54, 1.807) is 12.4 Å². The Bertz CT molecular complexity index is 821. The summed E-state index contributed by atoms with van der Waals surface area (Å²) in [5, 5.41) is 9.59. The fourth-order valence-corrected chi connectivity index (χ4v) is 2.69. The van der Waals surface area contributed by atoms with Gasteiger partial charge in [-0.3, -0.25) is 14.7 Å². The van der Waals surface area contributed by atoms with Gasteiger partial charge in [0.25, 0.3) is 0 Å². The lowest BCUT2D eigenvalue weighted by Crippen LogP contribution is -2.32. The van der Waals surface area contributed by atoms with Gasteiger partial charge < -0.3 is 15.2 Å². The van der Waals surface area contributed by atoms with Crippen molar-refractivity contribution in [2.75, 3.05) is 39.0 Å². The van der Waals surface area contributed by atoms with E-state index in [1.807, 2.05) is 55.4 Å². The lowest BCUT2D eigenvalue weighted by Gasteiger charge is -2.22. The second-order valence-corrected chi connectivity index (χ2v) is 6.50. The monoisotopic (exact) mass is 408 g/mol. The highest BCUT2D eigenvalue weighted by Crippen LogP contribution is 2.11. The molecule has 0 aliphatic heterocycles. The van der Waals surface area contributed by atoms with Gasteiger partial charge in [0.2, 0.25) is 0 Å². The molecule has 8 heteroatoms. The summed E-state index contributed by atoms with van der Waals surface area (Å²) >= 11 is 0. The molecule has 0 radical (unpaired) electrons. The summed E-state index contributed by atoms with van der Waals surface area (Å²) in [7, 11) is 3.82. The number of nitrogens with one attached hydrogen (secondary N) is 2. The SMILES string of the molecule is C=N/C=C\N(C/C=C/N(C)NC)C(CNc1ccc(Cn2cccn2)cc1)=NCC. The smallest absolute Gasteiger partial charge is 0.123 e. The van der Waals surface area contributed by atoms with Crippen LogP contribution in [-0.4, -0.2) is 66.0 Å². The van der Waals surface area contributed by atoms with Gasteiger partial charge in [0.1, 0.15) is 5.84 Å². The lowest BCUT2D eigenvalue weighted by atomic mass is 10.2. The van der Waals surface area contributed by atoms with Crippen LogP contribution >= 0.6 is 0 Å². The zero-order valence-electron chi connectivity index (χ0n) is 18.1. The number of amidine groups is 1. The Balaban J connectivity index is 2.01. The van der Waals surface area contributed by atoms with Gasteiger partial charge in [-0.05, 0) is 43.5 Å². The van der Waals surface area contributed by atoms with Crippen molar-refractivity contribution in [1.82, 2.24) is 25.1 Å². The van der Waals surface area contributed by atoms with Gasteiger partial charge >= 0.3 is 0 Å². The van der Waals surface area contributed by atoms with E-state index in [9.17, 15) is 0 Å². The summed E-state index contributed by atoms with van der Waals surface area (Å²) in [6, 6.07) is 10.3. The third-order valence-electron chi connectivity index (χ3n) is 4.32. The molecule has 8 nitrogen and oxygen atoms in total.